The summed E-state index contributed by atoms with van der Waals surface area (Å²) in [5.74, 6) is -6.16. The van der Waals surface area contributed by atoms with Gasteiger partial charge in [-0.25, -0.2) is 0 Å². The van der Waals surface area contributed by atoms with Gasteiger partial charge in [-0.2, -0.15) is 6.20 Å². The molecule has 0 spiro atoms. The molecule has 0 radical (unpaired) electrons. The summed E-state index contributed by atoms with van der Waals surface area (Å²) in [5, 5.41) is 29.6. The minimum atomic E-state index is -1.50. The molecule has 1 aromatic heterocycles. The molecule has 0 bridgehead atoms. The largest absolute Gasteiger partial charge is 1.00 e. The molecule has 8 atom stereocenters. The number of para-hydroxylation sites is 1. The number of carbonyl (C=O) groups is 7. The van der Waals surface area contributed by atoms with E-state index < -0.39 is 89.5 Å². The Labute approximate surface area is 432 Å². The van der Waals surface area contributed by atoms with E-state index in [1.54, 1.807) is 50.4 Å². The quantitative estimate of drug-likeness (QED) is 0.0386. The molecule has 0 aliphatic heterocycles. The molecule has 6 amide bonds. The molecule has 0 saturated heterocycles. The van der Waals surface area contributed by atoms with Crippen molar-refractivity contribution in [3.63, 3.8) is 0 Å². The SMILES string of the molecule is CC[C@H](C)[C@H](NC(=O)[C@H](Cc1ccccc1)NC(=O)[C@H](CC(C)C)NC(=O)[C@@H](Cc1ccccc1)NC(C)=O)C(=O)N[C@H](C(=O)N[C@@H](Cc1c[n-]c2ccccc12)C(=O)[O-])[C@@H](C)CC.[Na+].[Na+]. The van der Waals surface area contributed by atoms with Crippen LogP contribution in [0.5, 0.6) is 0 Å². The van der Waals surface area contributed by atoms with Gasteiger partial charge in [-0.1, -0.05) is 145 Å². The molecule has 0 fully saturated rings. The number of carboxylic acid groups (broad SMARTS) is 1. The maximum Gasteiger partial charge on any atom is 1.00 e. The van der Waals surface area contributed by atoms with Crippen LogP contribution in [0, 0.1) is 17.8 Å². The number of aromatic nitrogens is 1. The number of amides is 6. The molecule has 344 valence electrons. The summed E-state index contributed by atoms with van der Waals surface area (Å²) < 4.78 is 0. The van der Waals surface area contributed by atoms with Crippen molar-refractivity contribution in [2.75, 3.05) is 0 Å². The van der Waals surface area contributed by atoms with E-state index in [-0.39, 0.29) is 90.7 Å². The van der Waals surface area contributed by atoms with Gasteiger partial charge in [0.1, 0.15) is 30.2 Å². The fraction of sp³-hybridized carbons (Fsp3) is 0.449. The molecule has 17 heteroatoms. The van der Waals surface area contributed by atoms with E-state index in [0.717, 1.165) is 10.9 Å². The number of rotatable bonds is 24. The van der Waals surface area contributed by atoms with E-state index in [9.17, 15) is 38.7 Å². The molecule has 4 aromatic rings. The number of fused-ring (bicyclic) bond motifs is 1. The monoisotopic (exact) mass is 923 g/mol. The third-order valence-electron chi connectivity index (χ3n) is 11.5. The van der Waals surface area contributed by atoms with Gasteiger partial charge in [-0.3, -0.25) is 28.8 Å². The molecule has 0 saturated carbocycles. The van der Waals surface area contributed by atoms with Gasteiger partial charge >= 0.3 is 59.1 Å². The molecular weight excluding hydrogens is 861 g/mol. The van der Waals surface area contributed by atoms with Crippen LogP contribution in [0.3, 0.4) is 0 Å². The van der Waals surface area contributed by atoms with Gasteiger partial charge < -0.3 is 46.8 Å². The predicted molar refractivity (Wildman–Crippen MR) is 242 cm³/mol. The number of carbonyl (C=O) groups excluding carboxylic acids is 7. The van der Waals surface area contributed by atoms with Crippen molar-refractivity contribution in [2.24, 2.45) is 17.8 Å². The fourth-order valence-corrected chi connectivity index (χ4v) is 7.42. The zero-order chi connectivity index (χ0) is 46.9. The van der Waals surface area contributed by atoms with Crippen molar-refractivity contribution in [1.82, 2.24) is 36.9 Å². The molecule has 0 aliphatic carbocycles. The summed E-state index contributed by atoms with van der Waals surface area (Å²) in [7, 11) is 0. The number of carboxylic acids is 1. The van der Waals surface area contributed by atoms with Crippen molar-refractivity contribution >= 4 is 52.3 Å². The van der Waals surface area contributed by atoms with E-state index in [1.165, 1.54) is 6.92 Å². The number of nitrogens with one attached hydrogen (secondary N) is 6. The average molecular weight is 924 g/mol. The molecule has 3 aromatic carbocycles. The minimum absolute atomic E-state index is 0. The van der Waals surface area contributed by atoms with Crippen LogP contribution in [-0.2, 0) is 52.8 Å². The predicted octanol–water partition coefficient (Wildman–Crippen LogP) is -3.35. The van der Waals surface area contributed by atoms with Crippen LogP contribution in [0.2, 0.25) is 0 Å². The van der Waals surface area contributed by atoms with E-state index in [1.807, 2.05) is 82.3 Å². The van der Waals surface area contributed by atoms with Crippen LogP contribution in [0.4, 0.5) is 0 Å². The Kier molecular flexibility index (Phi) is 25.0. The van der Waals surface area contributed by atoms with Gasteiger partial charge in [-0.15, -0.1) is 5.52 Å². The Hall–Kier alpha value is -4.51. The van der Waals surface area contributed by atoms with Crippen LogP contribution in [0.1, 0.15) is 84.4 Å². The molecule has 1 heterocycles. The zero-order valence-electron chi connectivity index (χ0n) is 39.8. The van der Waals surface area contributed by atoms with E-state index in [4.69, 9.17) is 0 Å². The van der Waals surface area contributed by atoms with Crippen LogP contribution in [0.25, 0.3) is 10.9 Å². The summed E-state index contributed by atoms with van der Waals surface area (Å²) in [6.07, 6.45) is 2.79. The number of benzene rings is 3. The minimum Gasteiger partial charge on any atom is -0.663 e. The second kappa shape index (κ2) is 28.6. The first-order valence-corrected chi connectivity index (χ1v) is 22.1. The first-order valence-electron chi connectivity index (χ1n) is 22.1. The Balaban J connectivity index is 0.00000748. The zero-order valence-corrected chi connectivity index (χ0v) is 43.8. The fourth-order valence-electron chi connectivity index (χ4n) is 7.42. The molecule has 6 N–H and O–H groups in total. The van der Waals surface area contributed by atoms with E-state index >= 15 is 0 Å². The topological polar surface area (TPSA) is 229 Å². The molecule has 15 nitrogen and oxygen atoms in total. The van der Waals surface area contributed by atoms with Gasteiger partial charge in [0.2, 0.25) is 35.4 Å². The number of aliphatic carboxylic acids is 1. The number of hydrogen-bond acceptors (Lipinski definition) is 8. The molecule has 66 heavy (non-hydrogen) atoms. The van der Waals surface area contributed by atoms with Gasteiger partial charge in [0.05, 0.1) is 12.0 Å². The summed E-state index contributed by atoms with van der Waals surface area (Å²) >= 11 is 0. The van der Waals surface area contributed by atoms with E-state index in [0.29, 0.717) is 29.5 Å². The van der Waals surface area contributed by atoms with Crippen LogP contribution < -0.4 is 101 Å². The Morgan fingerprint density at radius 1 is 0.530 bits per heavy atom. The molecule has 0 unspecified atom stereocenters. The van der Waals surface area contributed by atoms with Crippen molar-refractivity contribution in [3.8, 4) is 0 Å². The van der Waals surface area contributed by atoms with Gasteiger partial charge in [0.25, 0.3) is 0 Å². The second-order valence-electron chi connectivity index (χ2n) is 17.0. The normalized spacial score (nSPS) is 14.5. The summed E-state index contributed by atoms with van der Waals surface area (Å²) in [5.41, 5.74) is 2.81. The first-order chi connectivity index (χ1) is 30.5. The van der Waals surface area contributed by atoms with Crippen LogP contribution in [0.15, 0.2) is 91.1 Å². The van der Waals surface area contributed by atoms with Crippen molar-refractivity contribution < 1.29 is 97.8 Å². The summed E-state index contributed by atoms with van der Waals surface area (Å²) in [4.78, 5) is 99.3. The third kappa shape index (κ3) is 17.6. The van der Waals surface area contributed by atoms with Crippen molar-refractivity contribution in [1.29, 1.82) is 0 Å². The van der Waals surface area contributed by atoms with Gasteiger partial charge in [-0.05, 0) is 47.1 Å². The van der Waals surface area contributed by atoms with Crippen molar-refractivity contribution in [2.45, 2.75) is 123 Å². The Bertz CT molecular complexity index is 2210. The van der Waals surface area contributed by atoms with Gasteiger partial charge in [0, 0.05) is 19.8 Å². The van der Waals surface area contributed by atoms with Crippen LogP contribution in [-0.4, -0.2) is 77.7 Å². The number of hydrogen-bond donors (Lipinski definition) is 6. The summed E-state index contributed by atoms with van der Waals surface area (Å²) in [6, 6.07) is 18.3. The average Bonchev–Trinajstić information content (AvgIpc) is 3.68. The van der Waals surface area contributed by atoms with Crippen molar-refractivity contribution in [3.05, 3.63) is 108 Å². The maximum absolute atomic E-state index is 14.4. The maximum atomic E-state index is 14.4. The first kappa shape index (κ1) is 57.6. The standard InChI is InChI=1S/C49H64N7O8.2Na/c1-8-30(5)42(47(61)54-41(49(63)64)27-35-28-50-37-23-17-16-22-36(35)37)56-48(62)43(31(6)9-2)55-46(60)40(26-34-20-14-11-15-21-34)53-44(58)38(24-29(3)4)52-45(59)39(51-32(7)57)25-33-18-12-10-13-19-33;;/h10-23,28-31,38-43H,8-9,24-27H2,1-7H3,(H,51,57)(H,52,59)(H,53,58)(H,54,61)(H,55,60)(H,56,62)(H,63,64);;/q-1;2*+1/p-1/t30-,31-,38-,39+,40-,41-,42-,43-;;/m0../s1. The summed E-state index contributed by atoms with van der Waals surface area (Å²) in [6.45, 7) is 12.3. The Morgan fingerprint density at radius 2 is 0.955 bits per heavy atom. The number of nitrogens with zero attached hydrogens (tertiary/aromatic N) is 1. The second-order valence-corrected chi connectivity index (χ2v) is 17.0. The van der Waals surface area contributed by atoms with Crippen LogP contribution >= 0.6 is 0 Å². The Morgan fingerprint density at radius 3 is 1.45 bits per heavy atom. The molecular formula is C49H63N7Na2O8. The van der Waals surface area contributed by atoms with E-state index in [2.05, 4.69) is 36.9 Å². The third-order valence-corrected chi connectivity index (χ3v) is 11.5. The van der Waals surface area contributed by atoms with Gasteiger partial charge in [0.15, 0.2) is 0 Å². The smallest absolute Gasteiger partial charge is 0.663 e. The molecule has 0 aliphatic rings. The molecule has 4 rings (SSSR count).